The summed E-state index contributed by atoms with van der Waals surface area (Å²) < 4.78 is 1.74. The van der Waals surface area contributed by atoms with E-state index in [1.165, 1.54) is 5.56 Å². The van der Waals surface area contributed by atoms with Crippen LogP contribution in [0.2, 0.25) is 0 Å². The zero-order valence-corrected chi connectivity index (χ0v) is 12.2. The minimum Gasteiger partial charge on any atom is -0.331 e. The summed E-state index contributed by atoms with van der Waals surface area (Å²) in [4.78, 5) is 18.0. The maximum absolute atomic E-state index is 12.2. The van der Waals surface area contributed by atoms with Gasteiger partial charge < -0.3 is 10.2 Å². The van der Waals surface area contributed by atoms with E-state index in [-0.39, 0.29) is 12.1 Å². The van der Waals surface area contributed by atoms with Crippen molar-refractivity contribution >= 4 is 6.03 Å². The van der Waals surface area contributed by atoms with Crippen LogP contribution in [-0.4, -0.2) is 38.8 Å². The number of aryl methyl sites for hydroxylation is 1. The van der Waals surface area contributed by atoms with Crippen molar-refractivity contribution in [3.8, 4) is 0 Å². The number of nitrogens with one attached hydrogen (secondary N) is 1. The Hall–Kier alpha value is -2.37. The van der Waals surface area contributed by atoms with E-state index in [0.29, 0.717) is 5.92 Å². The first-order valence-corrected chi connectivity index (χ1v) is 7.07. The van der Waals surface area contributed by atoms with Gasteiger partial charge in [0.05, 0.1) is 12.2 Å². The molecule has 21 heavy (non-hydrogen) atoms. The molecule has 2 amide bonds. The van der Waals surface area contributed by atoms with Crippen LogP contribution in [-0.2, 0) is 7.05 Å². The molecule has 2 aromatic heterocycles. The normalized spacial score (nSPS) is 16.4. The van der Waals surface area contributed by atoms with Gasteiger partial charge in [-0.05, 0) is 24.6 Å². The van der Waals surface area contributed by atoms with Gasteiger partial charge in [0.1, 0.15) is 0 Å². The highest BCUT2D eigenvalue weighted by molar-refractivity contribution is 5.75. The molecule has 1 atom stereocenters. The van der Waals surface area contributed by atoms with E-state index >= 15 is 0 Å². The van der Waals surface area contributed by atoms with E-state index in [9.17, 15) is 4.79 Å². The van der Waals surface area contributed by atoms with Gasteiger partial charge in [0, 0.05) is 50.2 Å². The summed E-state index contributed by atoms with van der Waals surface area (Å²) in [7, 11) is 1.87. The van der Waals surface area contributed by atoms with Crippen molar-refractivity contribution in [1.82, 2.24) is 25.0 Å². The van der Waals surface area contributed by atoms with E-state index in [1.807, 2.05) is 37.2 Å². The van der Waals surface area contributed by atoms with Crippen molar-refractivity contribution in [3.63, 3.8) is 0 Å². The first kappa shape index (κ1) is 13.6. The molecule has 6 heteroatoms. The first-order valence-electron chi connectivity index (χ1n) is 7.07. The predicted octanol–water partition coefficient (Wildman–Crippen LogP) is 1.69. The lowest BCUT2D eigenvalue weighted by molar-refractivity contribution is 0.148. The molecule has 1 saturated heterocycles. The van der Waals surface area contributed by atoms with Crippen molar-refractivity contribution in [1.29, 1.82) is 0 Å². The summed E-state index contributed by atoms with van der Waals surface area (Å²) in [5, 5.41) is 7.13. The van der Waals surface area contributed by atoms with Crippen molar-refractivity contribution in [2.75, 3.05) is 13.1 Å². The standard InChI is InChI=1S/C15H19N5O/c1-11(13-7-17-19(2)8-13)18-15(21)20-9-14(10-20)12-3-5-16-6-4-12/h3-8,11,14H,9-10H2,1-2H3,(H,18,21)/t11-/m0/s1. The van der Waals surface area contributed by atoms with E-state index in [4.69, 9.17) is 0 Å². The highest BCUT2D eigenvalue weighted by Gasteiger charge is 2.32. The largest absolute Gasteiger partial charge is 0.331 e. The van der Waals surface area contributed by atoms with Gasteiger partial charge in [-0.1, -0.05) is 0 Å². The second-order valence-corrected chi connectivity index (χ2v) is 5.50. The summed E-state index contributed by atoms with van der Waals surface area (Å²) in [6.45, 7) is 3.49. The molecule has 0 bridgehead atoms. The van der Waals surface area contributed by atoms with Gasteiger partial charge >= 0.3 is 6.03 Å². The molecule has 0 radical (unpaired) electrons. The zero-order chi connectivity index (χ0) is 14.8. The maximum Gasteiger partial charge on any atom is 0.317 e. The number of hydrogen-bond acceptors (Lipinski definition) is 3. The van der Waals surface area contributed by atoms with Crippen LogP contribution >= 0.6 is 0 Å². The van der Waals surface area contributed by atoms with Crippen LogP contribution < -0.4 is 5.32 Å². The maximum atomic E-state index is 12.2. The number of likely N-dealkylation sites (tertiary alicyclic amines) is 1. The van der Waals surface area contributed by atoms with Crippen molar-refractivity contribution in [3.05, 3.63) is 48.0 Å². The monoisotopic (exact) mass is 285 g/mol. The quantitative estimate of drug-likeness (QED) is 0.933. The molecule has 3 rings (SSSR count). The highest BCUT2D eigenvalue weighted by Crippen LogP contribution is 2.26. The average molecular weight is 285 g/mol. The van der Waals surface area contributed by atoms with Crippen LogP contribution in [0.25, 0.3) is 0 Å². The topological polar surface area (TPSA) is 63.1 Å². The molecule has 3 heterocycles. The lowest BCUT2D eigenvalue weighted by Crippen LogP contribution is -2.52. The fourth-order valence-corrected chi connectivity index (χ4v) is 2.51. The zero-order valence-electron chi connectivity index (χ0n) is 12.2. The Kier molecular flexibility index (Phi) is 3.60. The molecule has 1 fully saturated rings. The molecule has 110 valence electrons. The minimum absolute atomic E-state index is 0.0170. The molecule has 0 saturated carbocycles. The second-order valence-electron chi connectivity index (χ2n) is 5.50. The minimum atomic E-state index is -0.0359. The van der Waals surface area contributed by atoms with Gasteiger partial charge in [-0.3, -0.25) is 9.67 Å². The number of rotatable bonds is 3. The molecule has 0 spiro atoms. The Balaban J connectivity index is 1.52. The number of nitrogens with zero attached hydrogens (tertiary/aromatic N) is 4. The van der Waals surface area contributed by atoms with Gasteiger partial charge in [-0.2, -0.15) is 5.10 Å². The number of aromatic nitrogens is 3. The van der Waals surface area contributed by atoms with Crippen molar-refractivity contribution < 1.29 is 4.79 Å². The molecule has 1 aliphatic heterocycles. The van der Waals surface area contributed by atoms with Crippen LogP contribution in [0.15, 0.2) is 36.9 Å². The fraction of sp³-hybridized carbons (Fsp3) is 0.400. The van der Waals surface area contributed by atoms with Crippen molar-refractivity contribution in [2.24, 2.45) is 7.05 Å². The number of pyridine rings is 1. The smallest absolute Gasteiger partial charge is 0.317 e. The van der Waals surface area contributed by atoms with E-state index in [0.717, 1.165) is 18.7 Å². The van der Waals surface area contributed by atoms with Gasteiger partial charge in [0.25, 0.3) is 0 Å². The summed E-state index contributed by atoms with van der Waals surface area (Å²) >= 11 is 0. The third-order valence-corrected chi connectivity index (χ3v) is 3.91. The molecule has 1 N–H and O–H groups in total. The number of carbonyl (C=O) groups is 1. The summed E-state index contributed by atoms with van der Waals surface area (Å²) in [5.41, 5.74) is 2.26. The van der Waals surface area contributed by atoms with Crippen molar-refractivity contribution in [2.45, 2.75) is 18.9 Å². The molecule has 0 unspecified atom stereocenters. The molecular formula is C15H19N5O. The number of amides is 2. The van der Waals surface area contributed by atoms with Crippen LogP contribution in [0.5, 0.6) is 0 Å². The number of urea groups is 1. The van der Waals surface area contributed by atoms with Gasteiger partial charge in [-0.25, -0.2) is 4.79 Å². The van der Waals surface area contributed by atoms with Crippen LogP contribution in [0, 0.1) is 0 Å². The van der Waals surface area contributed by atoms with Gasteiger partial charge in [0.2, 0.25) is 0 Å². The van der Waals surface area contributed by atoms with Gasteiger partial charge in [0.15, 0.2) is 0 Å². The van der Waals surface area contributed by atoms with Crippen LogP contribution in [0.4, 0.5) is 4.79 Å². The predicted molar refractivity (Wildman–Crippen MR) is 78.7 cm³/mol. The molecular weight excluding hydrogens is 266 g/mol. The Bertz CT molecular complexity index is 618. The van der Waals surface area contributed by atoms with Gasteiger partial charge in [-0.15, -0.1) is 0 Å². The van der Waals surface area contributed by atoms with Crippen LogP contribution in [0.3, 0.4) is 0 Å². The summed E-state index contributed by atoms with van der Waals surface area (Å²) in [6, 6.07) is 3.97. The Morgan fingerprint density at radius 2 is 2.10 bits per heavy atom. The van der Waals surface area contributed by atoms with E-state index in [1.54, 1.807) is 23.3 Å². The number of carbonyl (C=O) groups excluding carboxylic acids is 1. The lowest BCUT2D eigenvalue weighted by atomic mass is 9.93. The molecule has 2 aromatic rings. The lowest BCUT2D eigenvalue weighted by Gasteiger charge is -2.39. The SMILES string of the molecule is C[C@H](NC(=O)N1CC(c2ccncc2)C1)c1cnn(C)c1. The Morgan fingerprint density at radius 3 is 2.71 bits per heavy atom. The summed E-state index contributed by atoms with van der Waals surface area (Å²) in [5.74, 6) is 0.424. The third kappa shape index (κ3) is 2.89. The fourth-order valence-electron chi connectivity index (χ4n) is 2.51. The molecule has 6 nitrogen and oxygen atoms in total. The number of hydrogen-bond donors (Lipinski definition) is 1. The molecule has 0 aliphatic carbocycles. The van der Waals surface area contributed by atoms with Crippen LogP contribution in [0.1, 0.15) is 30.0 Å². The van der Waals surface area contributed by atoms with E-state index in [2.05, 4.69) is 15.4 Å². The average Bonchev–Trinajstić information content (AvgIpc) is 2.85. The Morgan fingerprint density at radius 1 is 1.38 bits per heavy atom. The molecule has 1 aliphatic rings. The summed E-state index contributed by atoms with van der Waals surface area (Å²) in [6.07, 6.45) is 7.28. The first-order chi connectivity index (χ1) is 10.1. The third-order valence-electron chi connectivity index (χ3n) is 3.91. The highest BCUT2D eigenvalue weighted by atomic mass is 16.2. The Labute approximate surface area is 123 Å². The van der Waals surface area contributed by atoms with E-state index < -0.39 is 0 Å². The second kappa shape index (κ2) is 5.55. The molecule has 0 aromatic carbocycles.